The molecule has 3 fully saturated rings. The molecule has 5 nitrogen and oxygen atoms in total. The number of carbonyl (C=O) groups excluding carboxylic acids is 3. The standard InChI is InChI=1S/C20H24O5/c1-12-9-14(21)10-16-19(2,6-3-13-5-8-24-17(13)22)15-4-7-20(12,16)11-25-18(15)23/h5,9,15-16H,3-4,6-8,10-11H2,1-2H3. The number of hydrogen-bond acceptors (Lipinski definition) is 5. The van der Waals surface area contributed by atoms with Crippen LogP contribution in [0.25, 0.3) is 0 Å². The highest BCUT2D eigenvalue weighted by molar-refractivity contribution is 5.92. The summed E-state index contributed by atoms with van der Waals surface area (Å²) in [5, 5.41) is 0. The molecular weight excluding hydrogens is 320 g/mol. The summed E-state index contributed by atoms with van der Waals surface area (Å²) in [6, 6.07) is 0. The van der Waals surface area contributed by atoms with Crippen molar-refractivity contribution in [3.8, 4) is 0 Å². The Labute approximate surface area is 147 Å². The Hall–Kier alpha value is -1.91. The van der Waals surface area contributed by atoms with Crippen molar-refractivity contribution in [3.63, 3.8) is 0 Å². The first kappa shape index (κ1) is 16.6. The minimum absolute atomic E-state index is 0.0840. The topological polar surface area (TPSA) is 69.7 Å². The molecule has 25 heavy (non-hydrogen) atoms. The maximum Gasteiger partial charge on any atom is 0.334 e. The first-order chi connectivity index (χ1) is 11.9. The Morgan fingerprint density at radius 2 is 2.04 bits per heavy atom. The number of esters is 2. The lowest BCUT2D eigenvalue weighted by molar-refractivity contribution is -0.151. The van der Waals surface area contributed by atoms with Crippen molar-refractivity contribution in [2.75, 3.05) is 13.2 Å². The van der Waals surface area contributed by atoms with Crippen molar-refractivity contribution in [1.29, 1.82) is 0 Å². The molecule has 2 saturated heterocycles. The molecule has 0 radical (unpaired) electrons. The smallest absolute Gasteiger partial charge is 0.334 e. The molecule has 1 saturated carbocycles. The Bertz CT molecular complexity index is 718. The molecule has 5 rings (SSSR count). The van der Waals surface area contributed by atoms with Crippen molar-refractivity contribution < 1.29 is 23.9 Å². The molecule has 0 amide bonds. The molecular formula is C20H24O5. The second kappa shape index (κ2) is 5.55. The summed E-state index contributed by atoms with van der Waals surface area (Å²) in [5.74, 6) is -0.378. The highest BCUT2D eigenvalue weighted by Gasteiger charge is 2.62. The van der Waals surface area contributed by atoms with Gasteiger partial charge in [0.05, 0.1) is 5.92 Å². The van der Waals surface area contributed by atoms with Crippen LogP contribution in [-0.4, -0.2) is 30.9 Å². The van der Waals surface area contributed by atoms with Crippen LogP contribution in [0, 0.1) is 22.7 Å². The first-order valence-corrected chi connectivity index (χ1v) is 9.11. The van der Waals surface area contributed by atoms with Crippen LogP contribution in [0.15, 0.2) is 23.3 Å². The van der Waals surface area contributed by atoms with Gasteiger partial charge < -0.3 is 9.47 Å². The number of cyclic esters (lactones) is 1. The van der Waals surface area contributed by atoms with Gasteiger partial charge in [0.2, 0.25) is 0 Å². The molecule has 2 aliphatic carbocycles. The lowest BCUT2D eigenvalue weighted by Gasteiger charge is -2.55. The van der Waals surface area contributed by atoms with E-state index >= 15 is 0 Å². The van der Waals surface area contributed by atoms with Gasteiger partial charge in [0, 0.05) is 17.4 Å². The maximum atomic E-state index is 12.6. The van der Waals surface area contributed by atoms with Gasteiger partial charge in [-0.1, -0.05) is 12.5 Å². The normalized spacial score (nSPS) is 40.0. The Morgan fingerprint density at radius 1 is 1.24 bits per heavy atom. The molecule has 2 bridgehead atoms. The predicted octanol–water partition coefficient (Wildman–Crippen LogP) is 2.74. The van der Waals surface area contributed by atoms with Crippen molar-refractivity contribution in [1.82, 2.24) is 0 Å². The van der Waals surface area contributed by atoms with Crippen molar-refractivity contribution in [3.05, 3.63) is 23.3 Å². The van der Waals surface area contributed by atoms with E-state index in [-0.39, 0.29) is 40.4 Å². The molecule has 4 unspecified atom stereocenters. The van der Waals surface area contributed by atoms with Crippen molar-refractivity contribution in [2.45, 2.75) is 46.0 Å². The molecule has 3 heterocycles. The summed E-state index contributed by atoms with van der Waals surface area (Å²) in [7, 11) is 0. The molecule has 5 aliphatic rings. The first-order valence-electron chi connectivity index (χ1n) is 9.11. The van der Waals surface area contributed by atoms with Gasteiger partial charge in [-0.25, -0.2) is 4.79 Å². The molecule has 0 aromatic carbocycles. The van der Waals surface area contributed by atoms with Crippen LogP contribution in [0.2, 0.25) is 0 Å². The summed E-state index contributed by atoms with van der Waals surface area (Å²) in [6.07, 6.45) is 6.99. The Morgan fingerprint density at radius 3 is 2.76 bits per heavy atom. The van der Waals surface area contributed by atoms with Crippen LogP contribution in [0.3, 0.4) is 0 Å². The molecule has 134 valence electrons. The summed E-state index contributed by atoms with van der Waals surface area (Å²) in [6.45, 7) is 4.84. The van der Waals surface area contributed by atoms with E-state index in [1.54, 1.807) is 6.08 Å². The molecule has 4 atom stereocenters. The minimum atomic E-state index is -0.347. The third-order valence-electron chi connectivity index (χ3n) is 7.20. The average molecular weight is 344 g/mol. The van der Waals surface area contributed by atoms with Crippen LogP contribution in [0.1, 0.15) is 46.0 Å². The van der Waals surface area contributed by atoms with Crippen LogP contribution < -0.4 is 0 Å². The monoisotopic (exact) mass is 344 g/mol. The van der Waals surface area contributed by atoms with E-state index < -0.39 is 0 Å². The van der Waals surface area contributed by atoms with Gasteiger partial charge in [-0.15, -0.1) is 0 Å². The van der Waals surface area contributed by atoms with E-state index in [9.17, 15) is 14.4 Å². The van der Waals surface area contributed by atoms with E-state index in [1.807, 2.05) is 13.0 Å². The quantitative estimate of drug-likeness (QED) is 0.736. The summed E-state index contributed by atoms with van der Waals surface area (Å²) < 4.78 is 10.6. The number of rotatable bonds is 3. The number of carbonyl (C=O) groups is 3. The highest BCUT2D eigenvalue weighted by atomic mass is 16.5. The fourth-order valence-electron chi connectivity index (χ4n) is 5.65. The number of ketones is 1. The zero-order chi connectivity index (χ0) is 17.8. The third kappa shape index (κ3) is 2.31. The lowest BCUT2D eigenvalue weighted by Crippen LogP contribution is -2.53. The average Bonchev–Trinajstić information content (AvgIpc) is 2.85. The second-order valence-electron chi connectivity index (χ2n) is 8.24. The number of hydrogen-bond donors (Lipinski definition) is 0. The van der Waals surface area contributed by atoms with Crippen LogP contribution in [0.5, 0.6) is 0 Å². The van der Waals surface area contributed by atoms with E-state index in [1.165, 1.54) is 0 Å². The zero-order valence-electron chi connectivity index (χ0n) is 14.8. The van der Waals surface area contributed by atoms with Crippen LogP contribution in [-0.2, 0) is 23.9 Å². The van der Waals surface area contributed by atoms with Gasteiger partial charge >= 0.3 is 11.9 Å². The summed E-state index contributed by atoms with van der Waals surface area (Å²) in [5.41, 5.74) is 1.17. The van der Waals surface area contributed by atoms with E-state index in [2.05, 4.69) is 6.92 Å². The van der Waals surface area contributed by atoms with Gasteiger partial charge in [-0.3, -0.25) is 9.59 Å². The van der Waals surface area contributed by atoms with Crippen LogP contribution in [0.4, 0.5) is 0 Å². The van der Waals surface area contributed by atoms with E-state index in [0.717, 1.165) is 18.4 Å². The van der Waals surface area contributed by atoms with E-state index in [4.69, 9.17) is 9.47 Å². The SMILES string of the molecule is CC1=CC(=O)CC2C13CCC(C(=O)OC3)C2(C)CCC1=CCOC1=O. The third-order valence-corrected chi connectivity index (χ3v) is 7.20. The van der Waals surface area contributed by atoms with Gasteiger partial charge in [0.25, 0.3) is 0 Å². The number of allylic oxidation sites excluding steroid dienone is 1. The van der Waals surface area contributed by atoms with Gasteiger partial charge in [-0.05, 0) is 56.1 Å². The Balaban J connectivity index is 1.71. The fourth-order valence-corrected chi connectivity index (χ4v) is 5.65. The molecule has 0 aromatic heterocycles. The van der Waals surface area contributed by atoms with Gasteiger partial charge in [-0.2, -0.15) is 0 Å². The number of fused-ring (bicyclic) bond motifs is 3. The lowest BCUT2D eigenvalue weighted by atomic mass is 9.46. The van der Waals surface area contributed by atoms with Crippen molar-refractivity contribution >= 4 is 17.7 Å². The summed E-state index contributed by atoms with van der Waals surface area (Å²) >= 11 is 0. The minimum Gasteiger partial charge on any atom is -0.465 e. The fraction of sp³-hybridized carbons (Fsp3) is 0.650. The molecule has 1 spiro atoms. The Kier molecular flexibility index (Phi) is 3.67. The van der Waals surface area contributed by atoms with Crippen LogP contribution >= 0.6 is 0 Å². The predicted molar refractivity (Wildman–Crippen MR) is 89.4 cm³/mol. The molecule has 0 aromatic rings. The number of ether oxygens (including phenoxy) is 2. The largest absolute Gasteiger partial charge is 0.465 e. The molecule has 0 N–H and O–H groups in total. The van der Waals surface area contributed by atoms with Crippen molar-refractivity contribution in [2.24, 2.45) is 22.7 Å². The zero-order valence-corrected chi connectivity index (χ0v) is 14.8. The highest BCUT2D eigenvalue weighted by Crippen LogP contribution is 2.63. The van der Waals surface area contributed by atoms with Gasteiger partial charge in [0.15, 0.2) is 5.78 Å². The van der Waals surface area contributed by atoms with E-state index in [0.29, 0.717) is 38.0 Å². The second-order valence-corrected chi connectivity index (χ2v) is 8.24. The maximum absolute atomic E-state index is 12.6. The van der Waals surface area contributed by atoms with Gasteiger partial charge in [0.1, 0.15) is 13.2 Å². The molecule has 3 aliphatic heterocycles. The summed E-state index contributed by atoms with van der Waals surface area (Å²) in [4.78, 5) is 36.7. The molecule has 5 heteroatoms.